The van der Waals surface area contributed by atoms with Gasteiger partial charge >= 0.3 is 0 Å². The summed E-state index contributed by atoms with van der Waals surface area (Å²) in [6.07, 6.45) is 6.18. The van der Waals surface area contributed by atoms with Crippen LogP contribution in [0.4, 0.5) is 10.2 Å². The van der Waals surface area contributed by atoms with Gasteiger partial charge in [-0.25, -0.2) is 9.37 Å². The van der Waals surface area contributed by atoms with E-state index in [-0.39, 0.29) is 28.5 Å². The Labute approximate surface area is 252 Å². The maximum absolute atomic E-state index is 14.5. The Bertz CT molecular complexity index is 1470. The molecule has 9 heteroatoms. The molecule has 2 heterocycles. The van der Waals surface area contributed by atoms with E-state index in [1.54, 1.807) is 20.8 Å². The van der Waals surface area contributed by atoms with Crippen LogP contribution in [-0.2, 0) is 21.5 Å². The summed E-state index contributed by atoms with van der Waals surface area (Å²) in [6, 6.07) is 13.5. The molecule has 0 atom stereocenters. The van der Waals surface area contributed by atoms with E-state index < -0.39 is 16.9 Å². The van der Waals surface area contributed by atoms with Crippen LogP contribution < -0.4 is 4.90 Å². The molecule has 2 bridgehead atoms. The fourth-order valence-electron chi connectivity index (χ4n) is 7.30. The SMILES string of the molecule is CC(C)(O)c1ccc(-c2cccc(N(CC34CCC(c5noc(C(C)(C)F)n5)(CC3)CC4)C(=O)[C@H]3C[C@@](C)(O)C3)n2)cc1. The van der Waals surface area contributed by atoms with E-state index in [9.17, 15) is 19.4 Å². The smallest absolute Gasteiger partial charge is 0.263 e. The standard InChI is InChI=1S/C34H43FN4O4/c1-30(2,35)29-37-28(38-43-29)34-16-13-33(14-17-34,15-18-34)21-39(27(40)23-19-32(5,42)20-23)26-8-6-7-25(36-26)22-9-11-24(12-10-22)31(3,4)41/h6-12,23,41-42H,13-21H2,1-5H3/t23-,32+,33?,34?. The maximum atomic E-state index is 14.5. The number of hydrogen-bond acceptors (Lipinski definition) is 7. The summed E-state index contributed by atoms with van der Waals surface area (Å²) in [5, 5.41) is 25.0. The fourth-order valence-corrected chi connectivity index (χ4v) is 7.30. The highest BCUT2D eigenvalue weighted by Gasteiger charge is 2.54. The zero-order chi connectivity index (χ0) is 30.8. The predicted molar refractivity (Wildman–Crippen MR) is 161 cm³/mol. The van der Waals surface area contributed by atoms with Crippen molar-refractivity contribution in [3.63, 3.8) is 0 Å². The third-order valence-corrected chi connectivity index (χ3v) is 10.2. The van der Waals surface area contributed by atoms with Crippen molar-refractivity contribution in [1.82, 2.24) is 15.1 Å². The number of carbonyl (C=O) groups excluding carboxylic acids is 1. The van der Waals surface area contributed by atoms with Gasteiger partial charge in [-0.1, -0.05) is 35.5 Å². The molecule has 0 radical (unpaired) electrons. The van der Waals surface area contributed by atoms with Crippen molar-refractivity contribution in [2.24, 2.45) is 11.3 Å². The second kappa shape index (κ2) is 10.2. The van der Waals surface area contributed by atoms with Crippen molar-refractivity contribution in [1.29, 1.82) is 0 Å². The van der Waals surface area contributed by atoms with Gasteiger partial charge in [0.2, 0.25) is 5.91 Å². The van der Waals surface area contributed by atoms with E-state index in [0.29, 0.717) is 31.0 Å². The van der Waals surface area contributed by atoms with Gasteiger partial charge in [0, 0.05) is 23.4 Å². The van der Waals surface area contributed by atoms with Gasteiger partial charge in [-0.2, -0.15) is 4.98 Å². The summed E-state index contributed by atoms with van der Waals surface area (Å²) in [6.45, 7) is 8.71. The molecule has 7 rings (SSSR count). The first kappa shape index (κ1) is 29.9. The lowest BCUT2D eigenvalue weighted by atomic mass is 9.53. The Morgan fingerprint density at radius 1 is 1.00 bits per heavy atom. The summed E-state index contributed by atoms with van der Waals surface area (Å²) in [5.41, 5.74) is -1.24. The van der Waals surface area contributed by atoms with E-state index in [1.807, 2.05) is 47.4 Å². The molecule has 0 spiro atoms. The number of carbonyl (C=O) groups is 1. The molecule has 4 aliphatic carbocycles. The molecule has 2 aromatic heterocycles. The van der Waals surface area contributed by atoms with E-state index in [1.165, 1.54) is 13.8 Å². The number of amides is 1. The third kappa shape index (κ3) is 5.74. The zero-order valence-electron chi connectivity index (χ0n) is 25.9. The second-order valence-electron chi connectivity index (χ2n) is 14.7. The average Bonchev–Trinajstić information content (AvgIpc) is 3.47. The van der Waals surface area contributed by atoms with Crippen LogP contribution in [0.3, 0.4) is 0 Å². The van der Waals surface area contributed by atoms with Crippen LogP contribution in [0.1, 0.15) is 103 Å². The summed E-state index contributed by atoms with van der Waals surface area (Å²) in [5.74, 6) is 1.02. The number of hydrogen-bond donors (Lipinski definition) is 2. The van der Waals surface area contributed by atoms with Crippen LogP contribution in [-0.4, -0.2) is 43.4 Å². The minimum Gasteiger partial charge on any atom is -0.390 e. The molecule has 3 aromatic rings. The number of pyridine rings is 1. The lowest BCUT2D eigenvalue weighted by Crippen LogP contribution is -2.55. The van der Waals surface area contributed by atoms with E-state index in [0.717, 1.165) is 55.3 Å². The van der Waals surface area contributed by atoms with Gasteiger partial charge < -0.3 is 14.7 Å². The molecule has 8 nitrogen and oxygen atoms in total. The highest BCUT2D eigenvalue weighted by Crippen LogP contribution is 2.58. The topological polar surface area (TPSA) is 113 Å². The molecule has 43 heavy (non-hydrogen) atoms. The summed E-state index contributed by atoms with van der Waals surface area (Å²) >= 11 is 0. The maximum Gasteiger partial charge on any atom is 0.263 e. The number of alkyl halides is 1. The van der Waals surface area contributed by atoms with Crippen molar-refractivity contribution in [2.75, 3.05) is 11.4 Å². The number of aromatic nitrogens is 3. The molecule has 1 aromatic carbocycles. The van der Waals surface area contributed by atoms with Gasteiger partial charge in [0.1, 0.15) is 5.82 Å². The third-order valence-electron chi connectivity index (χ3n) is 10.2. The van der Waals surface area contributed by atoms with Crippen molar-refractivity contribution in [2.45, 2.75) is 108 Å². The van der Waals surface area contributed by atoms with Crippen LogP contribution >= 0.6 is 0 Å². The van der Waals surface area contributed by atoms with Crippen LogP contribution in [0, 0.1) is 11.3 Å². The Kier molecular flexibility index (Phi) is 7.08. The molecule has 0 aliphatic heterocycles. The van der Waals surface area contributed by atoms with Gasteiger partial charge in [0.15, 0.2) is 11.5 Å². The molecule has 4 aliphatic rings. The molecule has 2 N–H and O–H groups in total. The molecule has 230 valence electrons. The first-order valence-corrected chi connectivity index (χ1v) is 15.5. The molecule has 1 amide bonds. The summed E-state index contributed by atoms with van der Waals surface area (Å²) in [7, 11) is 0. The molecule has 0 unspecified atom stereocenters. The van der Waals surface area contributed by atoms with Gasteiger partial charge in [-0.3, -0.25) is 9.69 Å². The second-order valence-corrected chi connectivity index (χ2v) is 14.7. The van der Waals surface area contributed by atoms with Gasteiger partial charge in [-0.15, -0.1) is 0 Å². The lowest BCUT2D eigenvalue weighted by Gasteiger charge is -2.53. The molecule has 4 saturated carbocycles. The highest BCUT2D eigenvalue weighted by atomic mass is 19.1. The first-order valence-electron chi connectivity index (χ1n) is 15.5. The van der Waals surface area contributed by atoms with Crippen molar-refractivity contribution in [3.8, 4) is 11.3 Å². The minimum absolute atomic E-state index is 0.0123. The Hall–Kier alpha value is -3.17. The zero-order valence-corrected chi connectivity index (χ0v) is 25.9. The number of fused-ring (bicyclic) bond motifs is 3. The Morgan fingerprint density at radius 3 is 2.16 bits per heavy atom. The number of nitrogens with zero attached hydrogens (tertiary/aromatic N) is 4. The van der Waals surface area contributed by atoms with E-state index in [2.05, 4.69) is 10.1 Å². The van der Waals surface area contributed by atoms with Crippen molar-refractivity contribution < 1.29 is 23.9 Å². The highest BCUT2D eigenvalue weighted by molar-refractivity contribution is 5.95. The molecular formula is C34H43FN4O4. The monoisotopic (exact) mass is 590 g/mol. The first-order chi connectivity index (χ1) is 20.1. The number of rotatable bonds is 8. The van der Waals surface area contributed by atoms with Gasteiger partial charge in [-0.05, 0) is 109 Å². The largest absolute Gasteiger partial charge is 0.390 e. The number of anilines is 1. The van der Waals surface area contributed by atoms with Crippen LogP contribution in [0.5, 0.6) is 0 Å². The summed E-state index contributed by atoms with van der Waals surface area (Å²) in [4.78, 5) is 25.3. The lowest BCUT2D eigenvalue weighted by molar-refractivity contribution is -0.137. The number of aliphatic hydroxyl groups is 2. The Morgan fingerprint density at radius 2 is 1.63 bits per heavy atom. The fraction of sp³-hybridized carbons (Fsp3) is 0.588. The molecular weight excluding hydrogens is 547 g/mol. The quantitative estimate of drug-likeness (QED) is 0.314. The van der Waals surface area contributed by atoms with E-state index in [4.69, 9.17) is 9.51 Å². The van der Waals surface area contributed by atoms with Crippen LogP contribution in [0.2, 0.25) is 0 Å². The number of benzene rings is 1. The van der Waals surface area contributed by atoms with Gasteiger partial charge in [0.05, 0.1) is 16.9 Å². The Balaban J connectivity index is 1.26. The van der Waals surface area contributed by atoms with Gasteiger partial charge in [0.25, 0.3) is 5.89 Å². The van der Waals surface area contributed by atoms with E-state index >= 15 is 0 Å². The molecule has 4 fully saturated rings. The number of halogens is 1. The molecule has 0 saturated heterocycles. The predicted octanol–water partition coefficient (Wildman–Crippen LogP) is 6.35. The van der Waals surface area contributed by atoms with Crippen LogP contribution in [0.15, 0.2) is 47.0 Å². The minimum atomic E-state index is -1.68. The van der Waals surface area contributed by atoms with Crippen molar-refractivity contribution in [3.05, 3.63) is 59.7 Å². The normalized spacial score (nSPS) is 28.9. The van der Waals surface area contributed by atoms with Crippen LogP contribution in [0.25, 0.3) is 11.3 Å². The summed E-state index contributed by atoms with van der Waals surface area (Å²) < 4.78 is 19.8. The van der Waals surface area contributed by atoms with Crippen molar-refractivity contribution >= 4 is 11.7 Å². The average molecular weight is 591 g/mol.